The van der Waals surface area contributed by atoms with Crippen LogP contribution in [0.25, 0.3) is 0 Å². The molecule has 0 aromatic heterocycles. The van der Waals surface area contributed by atoms with Crippen molar-refractivity contribution < 1.29 is 8.21 Å². The van der Waals surface area contributed by atoms with Gasteiger partial charge in [-0.2, -0.15) is 0 Å². The first-order valence-corrected chi connectivity index (χ1v) is 8.82. The number of halogens is 4. The van der Waals surface area contributed by atoms with Crippen molar-refractivity contribution in [3.05, 3.63) is 0 Å². The summed E-state index contributed by atoms with van der Waals surface area (Å²) in [6.07, 6.45) is 9.90. The van der Waals surface area contributed by atoms with E-state index < -0.39 is 66.2 Å². The Labute approximate surface area is 121 Å². The van der Waals surface area contributed by atoms with Gasteiger partial charge in [-0.15, -0.1) is 0 Å². The number of hydrogen-bond acceptors (Lipinski definition) is 0. The monoisotopic (exact) mass is 248 g/mol. The molecule has 0 amide bonds. The van der Waals surface area contributed by atoms with E-state index >= 15 is 0 Å². The average Bonchev–Trinajstić information content (AvgIpc) is 1.39. The average molecular weight is 249 g/mol. The van der Waals surface area contributed by atoms with E-state index in [1.54, 1.807) is 0 Å². The summed E-state index contributed by atoms with van der Waals surface area (Å²) in [6.45, 7) is 0. The van der Waals surface area contributed by atoms with Gasteiger partial charge in [0.2, 0.25) is 0 Å². The predicted octanol–water partition coefficient (Wildman–Crippen LogP) is -0.283. The van der Waals surface area contributed by atoms with Crippen LogP contribution in [0.4, 0.5) is 2.73 Å². The van der Waals surface area contributed by atoms with Gasteiger partial charge in [0.15, 0.2) is 0 Å². The molecule has 0 unspecified atom stereocenters. The second kappa shape index (κ2) is 30.3. The van der Waals surface area contributed by atoms with E-state index in [2.05, 4.69) is 0 Å². The molecule has 44 valence electrons. The predicted molar refractivity (Wildman–Crippen MR) is 37.6 cm³/mol. The van der Waals surface area contributed by atoms with Gasteiger partial charge < -0.3 is 5.48 Å². The van der Waals surface area contributed by atoms with Crippen LogP contribution >= 0.6 is 12.8 Å². The van der Waals surface area contributed by atoms with Gasteiger partial charge in [-0.1, -0.05) is 0 Å². The standard InChI is InChI=1S/3Ca.2ClH.2FH.H2O.2H/h;;;4*1H;1H2;;/q;2*+2;;;;;;;/p-4. The first-order valence-electron chi connectivity index (χ1n) is 1.07. The second-order valence-electron chi connectivity index (χ2n) is 0.202. The summed E-state index contributed by atoms with van der Waals surface area (Å²) < 4.78 is 19.6. The zero-order chi connectivity index (χ0) is 5.41. The van der Waals surface area contributed by atoms with Crippen molar-refractivity contribution in [2.24, 2.45) is 0 Å². The summed E-state index contributed by atoms with van der Waals surface area (Å²) in [7, 11) is 0. The van der Waals surface area contributed by atoms with Crippen LogP contribution in [-0.2, 0) is 0 Å². The SMILES string of the molecule is O.[CaH2].[Cl][Ca][Cl].[F][Ca][F]. The molecule has 2 N–H and O–H groups in total. The van der Waals surface area contributed by atoms with Crippen LogP contribution in [0.5, 0.6) is 0 Å². The van der Waals surface area contributed by atoms with Crippen molar-refractivity contribution in [3.63, 3.8) is 0 Å². The first kappa shape index (κ1) is 22.8. The molecule has 0 atom stereocenters. The van der Waals surface area contributed by atoms with Crippen molar-refractivity contribution in [3.8, 4) is 0 Å². The van der Waals surface area contributed by atoms with Crippen LogP contribution in [0.3, 0.4) is 0 Å². The van der Waals surface area contributed by atoms with Crippen LogP contribution < -0.4 is 0 Å². The number of rotatable bonds is 0. The van der Waals surface area contributed by atoms with Crippen molar-refractivity contribution >= 4 is 117 Å². The van der Waals surface area contributed by atoms with Crippen molar-refractivity contribution in [1.82, 2.24) is 0 Å². The minimum atomic E-state index is -2.88. The van der Waals surface area contributed by atoms with E-state index in [0.717, 1.165) is 0 Å². The van der Waals surface area contributed by atoms with E-state index in [9.17, 15) is 2.73 Å². The fraction of sp³-hybridized carbons (Fsp3) is 0. The van der Waals surface area contributed by atoms with Gasteiger partial charge in [-0.3, -0.25) is 0 Å². The molecule has 0 fully saturated rings. The Bertz CT molecular complexity index is 17.2. The quantitative estimate of drug-likeness (QED) is 0.529. The van der Waals surface area contributed by atoms with Gasteiger partial charge in [0, 0.05) is 0 Å². The third-order valence-corrected chi connectivity index (χ3v) is 0. The van der Waals surface area contributed by atoms with Crippen LogP contribution in [0, 0.1) is 0 Å². The Balaban J connectivity index is -0.0000000160. The fourth-order valence-electron chi connectivity index (χ4n) is 0. The van der Waals surface area contributed by atoms with Gasteiger partial charge in [-0.25, -0.2) is 0 Å². The van der Waals surface area contributed by atoms with Gasteiger partial charge in [0.05, 0.1) is 0 Å². The van der Waals surface area contributed by atoms with E-state index in [-0.39, 0.29) is 43.2 Å². The molecule has 0 aliphatic carbocycles. The molecular weight excluding hydrogens is 245 g/mol. The maximum absolute atomic E-state index is 9.81. The van der Waals surface area contributed by atoms with Crippen LogP contribution in [0.2, 0.25) is 0 Å². The molecule has 0 spiro atoms. The Kier molecular flexibility index (Phi) is 86.3. The third-order valence-electron chi connectivity index (χ3n) is 0. The van der Waals surface area contributed by atoms with Crippen molar-refractivity contribution in [1.29, 1.82) is 0 Å². The minimum absolute atomic E-state index is 0. The van der Waals surface area contributed by atoms with Crippen LogP contribution in [0.15, 0.2) is 0 Å². The molecule has 0 saturated carbocycles. The molecule has 0 aromatic rings. The van der Waals surface area contributed by atoms with E-state index in [4.69, 9.17) is 12.8 Å². The zero-order valence-corrected chi connectivity index (χ0v) is 9.35. The van der Waals surface area contributed by atoms with Crippen molar-refractivity contribution in [2.75, 3.05) is 0 Å². The molecule has 8 heavy (non-hydrogen) atoms. The molecule has 1 nitrogen and oxygen atoms in total. The summed E-state index contributed by atoms with van der Waals surface area (Å²) >= 11 is -3.81. The molecule has 8 heteroatoms. The molecule has 0 aromatic carbocycles. The summed E-state index contributed by atoms with van der Waals surface area (Å²) in [5.74, 6) is 0. The number of hydrogen-bond donors (Lipinski definition) is 0. The normalized spacial score (nSPS) is 2.50. The summed E-state index contributed by atoms with van der Waals surface area (Å²) in [4.78, 5) is 0. The third kappa shape index (κ3) is 49.1. The molecule has 0 aliphatic rings. The van der Waals surface area contributed by atoms with Gasteiger partial charge >= 0.3 is 119 Å². The van der Waals surface area contributed by atoms with Gasteiger partial charge in [-0.05, 0) is 0 Å². The van der Waals surface area contributed by atoms with E-state index in [1.165, 1.54) is 0 Å². The molecule has 0 radical (unpaired) electrons. The summed E-state index contributed by atoms with van der Waals surface area (Å²) in [5, 5.41) is 0. The zero-order valence-electron chi connectivity index (χ0n) is 3.43. The topological polar surface area (TPSA) is 31.5 Å². The molecule has 0 saturated heterocycles. The Hall–Kier alpha value is 4.18. The van der Waals surface area contributed by atoms with E-state index in [1.807, 2.05) is 0 Å². The Morgan fingerprint density at radius 1 is 1.12 bits per heavy atom. The fourth-order valence-corrected chi connectivity index (χ4v) is 0. The van der Waals surface area contributed by atoms with Gasteiger partial charge in [0.1, 0.15) is 0 Å². The first-order chi connectivity index (χ1) is 2.83. The Morgan fingerprint density at radius 3 is 1.12 bits per heavy atom. The van der Waals surface area contributed by atoms with Crippen molar-refractivity contribution in [2.45, 2.75) is 0 Å². The summed E-state index contributed by atoms with van der Waals surface area (Å²) in [5.41, 5.74) is 0. The maximum atomic E-state index is 9.81. The molecule has 0 aliphatic heterocycles. The summed E-state index contributed by atoms with van der Waals surface area (Å²) in [6, 6.07) is 0. The van der Waals surface area contributed by atoms with Crippen LogP contribution in [0.1, 0.15) is 0 Å². The molecular formula is H4Ca3Cl2F2O. The van der Waals surface area contributed by atoms with Gasteiger partial charge in [0.25, 0.3) is 0 Å². The molecule has 0 heterocycles. The Morgan fingerprint density at radius 2 is 1.12 bits per heavy atom. The van der Waals surface area contributed by atoms with Crippen LogP contribution in [-0.4, -0.2) is 109 Å². The molecule has 0 bridgehead atoms. The second-order valence-corrected chi connectivity index (χ2v) is 4.16. The molecule has 0 rings (SSSR count). The van der Waals surface area contributed by atoms with E-state index in [0.29, 0.717) is 0 Å².